The van der Waals surface area contributed by atoms with Crippen LogP contribution in [-0.4, -0.2) is 79.0 Å². The average Bonchev–Trinajstić information content (AvgIpc) is 2.46. The molecule has 1 rings (SSSR count). The summed E-state index contributed by atoms with van der Waals surface area (Å²) in [6.45, 7) is 6.25. The van der Waals surface area contributed by atoms with Crippen molar-refractivity contribution in [2.75, 3.05) is 40.0 Å². The minimum absolute atomic E-state index is 0.0694. The molecule has 7 heteroatoms. The predicted octanol–water partition coefficient (Wildman–Crippen LogP) is 1.03. The molecule has 1 aliphatic heterocycles. The molecule has 0 aromatic rings. The highest BCUT2D eigenvalue weighted by molar-refractivity contribution is 5.75. The van der Waals surface area contributed by atoms with Crippen LogP contribution >= 0.6 is 0 Å². The van der Waals surface area contributed by atoms with Gasteiger partial charge in [-0.3, -0.25) is 4.79 Å². The van der Waals surface area contributed by atoms with Gasteiger partial charge in [0.05, 0.1) is 25.7 Å². The van der Waals surface area contributed by atoms with Crippen molar-refractivity contribution in [1.29, 1.82) is 0 Å². The second-order valence-electron chi connectivity index (χ2n) is 5.26. The van der Waals surface area contributed by atoms with Gasteiger partial charge in [-0.15, -0.1) is 0 Å². The van der Waals surface area contributed by atoms with Crippen molar-refractivity contribution in [2.24, 2.45) is 0 Å². The Labute approximate surface area is 125 Å². The minimum atomic E-state index is -0.910. The molecule has 2 amide bonds. The number of urea groups is 1. The zero-order valence-electron chi connectivity index (χ0n) is 13.1. The fourth-order valence-electron chi connectivity index (χ4n) is 2.31. The third-order valence-electron chi connectivity index (χ3n) is 3.72. The summed E-state index contributed by atoms with van der Waals surface area (Å²) in [5.41, 5.74) is 0. The minimum Gasteiger partial charge on any atom is -0.481 e. The monoisotopic (exact) mass is 302 g/mol. The first-order valence-corrected chi connectivity index (χ1v) is 7.37. The summed E-state index contributed by atoms with van der Waals surface area (Å²) in [5, 5.41) is 8.83. The molecular formula is C14H26N2O5. The van der Waals surface area contributed by atoms with Gasteiger partial charge in [-0.1, -0.05) is 6.92 Å². The Morgan fingerprint density at radius 3 is 2.81 bits per heavy atom. The van der Waals surface area contributed by atoms with Crippen LogP contribution in [-0.2, 0) is 14.3 Å². The highest BCUT2D eigenvalue weighted by Gasteiger charge is 2.30. The van der Waals surface area contributed by atoms with Gasteiger partial charge in [-0.25, -0.2) is 4.79 Å². The standard InChI is InChI=1S/C14H26N2O5/c1-4-11(2)16(6-7-20-3)14(19)15-5-8-21-12(10-15)9-13(17)18/h11-12H,4-10H2,1-3H3,(H,17,18). The summed E-state index contributed by atoms with van der Waals surface area (Å²) >= 11 is 0. The van der Waals surface area contributed by atoms with Crippen molar-refractivity contribution in [3.05, 3.63) is 0 Å². The van der Waals surface area contributed by atoms with Gasteiger partial charge in [0.15, 0.2) is 0 Å². The Morgan fingerprint density at radius 2 is 2.24 bits per heavy atom. The first-order valence-electron chi connectivity index (χ1n) is 7.37. The van der Waals surface area contributed by atoms with Gasteiger partial charge in [0.1, 0.15) is 0 Å². The number of carbonyl (C=O) groups excluding carboxylic acids is 1. The number of amides is 2. The number of ether oxygens (including phenoxy) is 2. The average molecular weight is 302 g/mol. The van der Waals surface area contributed by atoms with E-state index in [-0.39, 0.29) is 18.5 Å². The second-order valence-corrected chi connectivity index (χ2v) is 5.26. The van der Waals surface area contributed by atoms with Crippen molar-refractivity contribution in [3.8, 4) is 0 Å². The molecule has 0 aliphatic carbocycles. The SMILES string of the molecule is CCC(C)N(CCOC)C(=O)N1CCOC(CC(=O)O)C1. The van der Waals surface area contributed by atoms with E-state index in [1.807, 2.05) is 13.8 Å². The zero-order valence-corrected chi connectivity index (χ0v) is 13.1. The molecule has 0 spiro atoms. The normalized spacial score (nSPS) is 20.1. The largest absolute Gasteiger partial charge is 0.481 e. The van der Waals surface area contributed by atoms with E-state index in [9.17, 15) is 9.59 Å². The first-order chi connectivity index (χ1) is 9.99. The molecule has 2 unspecified atom stereocenters. The summed E-state index contributed by atoms with van der Waals surface area (Å²) in [6.07, 6.45) is 0.352. The van der Waals surface area contributed by atoms with Crippen molar-refractivity contribution >= 4 is 12.0 Å². The molecule has 2 atom stereocenters. The van der Waals surface area contributed by atoms with Crippen LogP contribution in [0.5, 0.6) is 0 Å². The zero-order chi connectivity index (χ0) is 15.8. The Morgan fingerprint density at radius 1 is 1.52 bits per heavy atom. The summed E-state index contributed by atoms with van der Waals surface area (Å²) in [5.74, 6) is -0.910. The summed E-state index contributed by atoms with van der Waals surface area (Å²) < 4.78 is 10.5. The highest BCUT2D eigenvalue weighted by atomic mass is 16.5. The number of hydrogen-bond acceptors (Lipinski definition) is 4. The molecule has 0 saturated carbocycles. The van der Waals surface area contributed by atoms with Crippen LogP contribution in [0, 0.1) is 0 Å². The van der Waals surface area contributed by atoms with Crippen LogP contribution in [0.4, 0.5) is 4.79 Å². The highest BCUT2D eigenvalue weighted by Crippen LogP contribution is 2.14. The Bertz CT molecular complexity index is 350. The van der Waals surface area contributed by atoms with Crippen LogP contribution in [0.1, 0.15) is 26.7 Å². The van der Waals surface area contributed by atoms with E-state index in [1.54, 1.807) is 16.9 Å². The van der Waals surface area contributed by atoms with Crippen molar-refractivity contribution in [1.82, 2.24) is 9.80 Å². The van der Waals surface area contributed by atoms with Gasteiger partial charge in [0.25, 0.3) is 0 Å². The van der Waals surface area contributed by atoms with E-state index in [0.717, 1.165) is 6.42 Å². The number of methoxy groups -OCH3 is 1. The quantitative estimate of drug-likeness (QED) is 0.760. The summed E-state index contributed by atoms with van der Waals surface area (Å²) in [6, 6.07) is 0.0495. The third-order valence-corrected chi connectivity index (χ3v) is 3.72. The number of rotatable bonds is 7. The fraction of sp³-hybridized carbons (Fsp3) is 0.857. The number of morpholine rings is 1. The van der Waals surface area contributed by atoms with E-state index in [2.05, 4.69) is 0 Å². The number of aliphatic carboxylic acids is 1. The maximum atomic E-state index is 12.6. The molecule has 0 aromatic carbocycles. The first kappa shape index (κ1) is 17.7. The lowest BCUT2D eigenvalue weighted by Crippen LogP contribution is -2.54. The van der Waals surface area contributed by atoms with Gasteiger partial charge in [0, 0.05) is 32.8 Å². The van der Waals surface area contributed by atoms with E-state index in [0.29, 0.717) is 32.8 Å². The topological polar surface area (TPSA) is 79.3 Å². The molecule has 7 nitrogen and oxygen atoms in total. The van der Waals surface area contributed by atoms with Crippen LogP contribution in [0.15, 0.2) is 0 Å². The Kier molecular flexibility index (Phi) is 7.45. The molecule has 1 saturated heterocycles. The molecule has 122 valence electrons. The molecule has 1 fully saturated rings. The van der Waals surface area contributed by atoms with Gasteiger partial charge in [-0.2, -0.15) is 0 Å². The maximum absolute atomic E-state index is 12.6. The molecule has 0 bridgehead atoms. The Hall–Kier alpha value is -1.34. The van der Waals surface area contributed by atoms with E-state index < -0.39 is 12.1 Å². The van der Waals surface area contributed by atoms with Gasteiger partial charge >= 0.3 is 12.0 Å². The van der Waals surface area contributed by atoms with E-state index in [1.165, 1.54) is 0 Å². The second kappa shape index (κ2) is 8.84. The van der Waals surface area contributed by atoms with Crippen LogP contribution in [0.2, 0.25) is 0 Å². The molecule has 1 heterocycles. The number of carboxylic acids is 1. The van der Waals surface area contributed by atoms with Crippen molar-refractivity contribution in [3.63, 3.8) is 0 Å². The van der Waals surface area contributed by atoms with Gasteiger partial charge in [0.2, 0.25) is 0 Å². The summed E-state index contributed by atoms with van der Waals surface area (Å²) in [7, 11) is 1.61. The lowest BCUT2D eigenvalue weighted by molar-refractivity contribution is -0.141. The van der Waals surface area contributed by atoms with E-state index >= 15 is 0 Å². The molecule has 1 N–H and O–H groups in total. The molecule has 1 aliphatic rings. The number of nitrogens with zero attached hydrogens (tertiary/aromatic N) is 2. The third kappa shape index (κ3) is 5.51. The molecule has 0 radical (unpaired) electrons. The maximum Gasteiger partial charge on any atom is 0.320 e. The van der Waals surface area contributed by atoms with Crippen molar-refractivity contribution in [2.45, 2.75) is 38.8 Å². The summed E-state index contributed by atoms with van der Waals surface area (Å²) in [4.78, 5) is 26.9. The molecule has 0 aromatic heterocycles. The lowest BCUT2D eigenvalue weighted by Gasteiger charge is -2.38. The van der Waals surface area contributed by atoms with Crippen LogP contribution in [0.25, 0.3) is 0 Å². The fourth-order valence-corrected chi connectivity index (χ4v) is 2.31. The lowest BCUT2D eigenvalue weighted by atomic mass is 10.2. The predicted molar refractivity (Wildman–Crippen MR) is 77.3 cm³/mol. The van der Waals surface area contributed by atoms with Crippen LogP contribution < -0.4 is 0 Å². The number of carboxylic acid groups (broad SMARTS) is 1. The number of carbonyl (C=O) groups is 2. The number of hydrogen-bond donors (Lipinski definition) is 1. The van der Waals surface area contributed by atoms with E-state index in [4.69, 9.17) is 14.6 Å². The van der Waals surface area contributed by atoms with Gasteiger partial charge < -0.3 is 24.4 Å². The van der Waals surface area contributed by atoms with Crippen molar-refractivity contribution < 1.29 is 24.2 Å². The molecular weight excluding hydrogens is 276 g/mol. The van der Waals surface area contributed by atoms with Crippen LogP contribution in [0.3, 0.4) is 0 Å². The van der Waals surface area contributed by atoms with Gasteiger partial charge in [-0.05, 0) is 13.3 Å². The Balaban J connectivity index is 2.66. The molecule has 21 heavy (non-hydrogen) atoms. The smallest absolute Gasteiger partial charge is 0.320 e.